The predicted octanol–water partition coefficient (Wildman–Crippen LogP) is 0.285. The summed E-state index contributed by atoms with van der Waals surface area (Å²) in [5.74, 6) is -0.310. The van der Waals surface area contributed by atoms with Crippen molar-refractivity contribution in [1.29, 1.82) is 0 Å². The lowest BCUT2D eigenvalue weighted by atomic mass is 10.3. The van der Waals surface area contributed by atoms with E-state index >= 15 is 0 Å². The molecule has 1 amide bonds. The van der Waals surface area contributed by atoms with Crippen molar-refractivity contribution in [2.75, 3.05) is 26.0 Å². The molecule has 2 rings (SSSR count). The van der Waals surface area contributed by atoms with Crippen molar-refractivity contribution < 1.29 is 13.2 Å². The Morgan fingerprint density at radius 1 is 1.18 bits per heavy atom. The zero-order valence-electron chi connectivity index (χ0n) is 13.2. The Morgan fingerprint density at radius 3 is 2.32 bits per heavy atom. The van der Waals surface area contributed by atoms with E-state index in [0.29, 0.717) is 5.69 Å². The fourth-order valence-electron chi connectivity index (χ4n) is 1.97. The van der Waals surface area contributed by atoms with Gasteiger partial charge >= 0.3 is 0 Å². The van der Waals surface area contributed by atoms with Crippen molar-refractivity contribution in [2.24, 2.45) is 14.1 Å². The highest BCUT2D eigenvalue weighted by molar-refractivity contribution is 7.89. The average molecular weight is 325 g/mol. The van der Waals surface area contributed by atoms with Crippen molar-refractivity contribution in [3.8, 4) is 0 Å². The van der Waals surface area contributed by atoms with Crippen LogP contribution >= 0.6 is 0 Å². The summed E-state index contributed by atoms with van der Waals surface area (Å²) in [6.07, 6.45) is 4.70. The van der Waals surface area contributed by atoms with Gasteiger partial charge in [-0.15, -0.1) is 0 Å². The summed E-state index contributed by atoms with van der Waals surface area (Å²) in [5.41, 5.74) is 0.914. The molecule has 0 aromatic carbocycles. The maximum Gasteiger partial charge on any atom is 0.274 e. The van der Waals surface area contributed by atoms with Gasteiger partial charge in [0.25, 0.3) is 5.91 Å². The Morgan fingerprint density at radius 2 is 1.82 bits per heavy atom. The van der Waals surface area contributed by atoms with Gasteiger partial charge in [-0.2, -0.15) is 5.10 Å². The van der Waals surface area contributed by atoms with Gasteiger partial charge in [0, 0.05) is 47.6 Å². The number of hydrogen-bond donors (Lipinski definition) is 0. The summed E-state index contributed by atoms with van der Waals surface area (Å²) in [6.45, 7) is 0. The lowest BCUT2D eigenvalue weighted by Gasteiger charge is -2.15. The van der Waals surface area contributed by atoms with E-state index in [9.17, 15) is 13.2 Å². The van der Waals surface area contributed by atoms with E-state index in [2.05, 4.69) is 5.10 Å². The van der Waals surface area contributed by atoms with Gasteiger partial charge in [-0.3, -0.25) is 9.48 Å². The maximum atomic E-state index is 12.5. The van der Waals surface area contributed by atoms with Gasteiger partial charge in [0.05, 0.1) is 11.9 Å². The topological polar surface area (TPSA) is 80.4 Å². The highest BCUT2D eigenvalue weighted by Crippen LogP contribution is 2.19. The Bertz CT molecular complexity index is 804. The van der Waals surface area contributed by atoms with Crippen LogP contribution in [0.1, 0.15) is 10.5 Å². The first-order valence-electron chi connectivity index (χ1n) is 6.50. The minimum atomic E-state index is -3.57. The predicted molar refractivity (Wildman–Crippen MR) is 82.2 cm³/mol. The summed E-state index contributed by atoms with van der Waals surface area (Å²) >= 11 is 0. The number of aromatic nitrogens is 3. The lowest BCUT2D eigenvalue weighted by Crippen LogP contribution is -2.27. The minimum Gasteiger partial charge on any atom is -0.345 e. The molecule has 0 aliphatic carbocycles. The number of sulfonamides is 1. The van der Waals surface area contributed by atoms with Crippen LogP contribution in [0.15, 0.2) is 29.6 Å². The van der Waals surface area contributed by atoms with Gasteiger partial charge in [0.2, 0.25) is 10.0 Å². The molecule has 2 aromatic rings. The quantitative estimate of drug-likeness (QED) is 0.809. The van der Waals surface area contributed by atoms with Crippen molar-refractivity contribution in [3.63, 3.8) is 0 Å². The van der Waals surface area contributed by atoms with E-state index in [1.54, 1.807) is 38.2 Å². The molecule has 22 heavy (non-hydrogen) atoms. The number of hydrogen-bond acceptors (Lipinski definition) is 4. The maximum absolute atomic E-state index is 12.5. The third-order valence-electron chi connectivity index (χ3n) is 3.36. The molecule has 0 aliphatic rings. The molecule has 120 valence electrons. The lowest BCUT2D eigenvalue weighted by molar-refractivity contribution is 0.0985. The molecule has 0 fully saturated rings. The molecule has 0 saturated carbocycles. The molecule has 9 heteroatoms. The third kappa shape index (κ3) is 2.77. The second-order valence-corrected chi connectivity index (χ2v) is 7.35. The fourth-order valence-corrected chi connectivity index (χ4v) is 2.94. The number of nitrogens with zero attached hydrogens (tertiary/aromatic N) is 5. The van der Waals surface area contributed by atoms with Crippen LogP contribution in [0.3, 0.4) is 0 Å². The van der Waals surface area contributed by atoms with E-state index in [1.165, 1.54) is 35.8 Å². The third-order valence-corrected chi connectivity index (χ3v) is 5.14. The zero-order valence-corrected chi connectivity index (χ0v) is 14.0. The Labute approximate surface area is 129 Å². The number of anilines is 1. The standard InChI is InChI=1S/C13H19N5O3S/c1-15(2)22(20,21)11-6-12(16(3)9-11)13(19)18(5)10-7-14-17(4)8-10/h6-9H,1-5H3. The van der Waals surface area contributed by atoms with E-state index < -0.39 is 10.0 Å². The molecular formula is C13H19N5O3S. The molecule has 0 atom stereocenters. The largest absolute Gasteiger partial charge is 0.345 e. The Hall–Kier alpha value is -2.13. The number of rotatable bonds is 4. The molecule has 0 spiro atoms. The van der Waals surface area contributed by atoms with Crippen LogP contribution in [0.4, 0.5) is 5.69 Å². The van der Waals surface area contributed by atoms with E-state index in [0.717, 1.165) is 4.31 Å². The van der Waals surface area contributed by atoms with Crippen LogP contribution < -0.4 is 4.90 Å². The molecule has 0 bridgehead atoms. The van der Waals surface area contributed by atoms with E-state index in [1.807, 2.05) is 0 Å². The summed E-state index contributed by atoms with van der Waals surface area (Å²) in [7, 11) is 4.34. The van der Waals surface area contributed by atoms with Crippen LogP contribution in [-0.4, -0.2) is 54.1 Å². The minimum absolute atomic E-state index is 0.0861. The first-order chi connectivity index (χ1) is 10.1. The molecular weight excluding hydrogens is 306 g/mol. The van der Waals surface area contributed by atoms with Crippen molar-refractivity contribution in [2.45, 2.75) is 4.90 Å². The summed E-state index contributed by atoms with van der Waals surface area (Å²) in [5, 5.41) is 4.02. The molecule has 0 unspecified atom stereocenters. The molecule has 2 aromatic heterocycles. The van der Waals surface area contributed by atoms with Crippen LogP contribution in [0.2, 0.25) is 0 Å². The Balaban J connectivity index is 2.37. The van der Waals surface area contributed by atoms with Crippen molar-refractivity contribution >= 4 is 21.6 Å². The van der Waals surface area contributed by atoms with Gasteiger partial charge in [-0.05, 0) is 6.07 Å². The van der Waals surface area contributed by atoms with Crippen molar-refractivity contribution in [3.05, 3.63) is 30.4 Å². The molecule has 8 nitrogen and oxygen atoms in total. The second kappa shape index (κ2) is 5.58. The van der Waals surface area contributed by atoms with Gasteiger partial charge in [-0.1, -0.05) is 0 Å². The highest BCUT2D eigenvalue weighted by Gasteiger charge is 2.24. The summed E-state index contributed by atoms with van der Waals surface area (Å²) in [4.78, 5) is 14.1. The number of aryl methyl sites for hydroxylation is 2. The van der Waals surface area contributed by atoms with Crippen LogP contribution in [0, 0.1) is 0 Å². The zero-order chi connectivity index (χ0) is 16.7. The smallest absolute Gasteiger partial charge is 0.274 e. The van der Waals surface area contributed by atoms with Gasteiger partial charge in [0.15, 0.2) is 0 Å². The van der Waals surface area contributed by atoms with Crippen LogP contribution in [-0.2, 0) is 24.1 Å². The highest BCUT2D eigenvalue weighted by atomic mass is 32.2. The number of carbonyl (C=O) groups is 1. The molecule has 0 saturated heterocycles. The van der Waals surface area contributed by atoms with Gasteiger partial charge < -0.3 is 9.47 Å². The van der Waals surface area contributed by atoms with Gasteiger partial charge in [-0.25, -0.2) is 12.7 Å². The summed E-state index contributed by atoms with van der Waals surface area (Å²) in [6, 6.07) is 1.38. The van der Waals surface area contributed by atoms with Gasteiger partial charge in [0.1, 0.15) is 10.6 Å². The monoisotopic (exact) mass is 325 g/mol. The molecule has 0 radical (unpaired) electrons. The van der Waals surface area contributed by atoms with E-state index in [4.69, 9.17) is 0 Å². The first-order valence-corrected chi connectivity index (χ1v) is 7.94. The number of amides is 1. The average Bonchev–Trinajstić information content (AvgIpc) is 3.03. The van der Waals surface area contributed by atoms with E-state index in [-0.39, 0.29) is 16.5 Å². The molecule has 0 aliphatic heterocycles. The fraction of sp³-hybridized carbons (Fsp3) is 0.385. The van der Waals surface area contributed by atoms with Crippen molar-refractivity contribution in [1.82, 2.24) is 18.7 Å². The number of carbonyl (C=O) groups excluding carboxylic acids is 1. The molecule has 2 heterocycles. The van der Waals surface area contributed by atoms with Crippen LogP contribution in [0.5, 0.6) is 0 Å². The second-order valence-electron chi connectivity index (χ2n) is 5.20. The van der Waals surface area contributed by atoms with Crippen LogP contribution in [0.25, 0.3) is 0 Å². The Kier molecular flexibility index (Phi) is 4.12. The molecule has 0 N–H and O–H groups in total. The SMILES string of the molecule is CN(C(=O)c1cc(S(=O)(=O)N(C)C)cn1C)c1cnn(C)c1. The summed E-state index contributed by atoms with van der Waals surface area (Å²) < 4.78 is 28.5. The normalized spacial score (nSPS) is 11.9. The first kappa shape index (κ1) is 16.2.